The first-order chi connectivity index (χ1) is 11.8. The normalized spacial score (nSPS) is 11.9. The highest BCUT2D eigenvalue weighted by Gasteiger charge is 2.25. The lowest BCUT2D eigenvalue weighted by Gasteiger charge is -2.09. The maximum absolute atomic E-state index is 14.5. The molecule has 0 amide bonds. The first-order valence-electron chi connectivity index (χ1n) is 7.06. The third kappa shape index (κ3) is 2.83. The molecule has 0 atom stereocenters. The van der Waals surface area contributed by atoms with E-state index in [1.54, 1.807) is 19.2 Å². The molecule has 0 saturated carbocycles. The van der Waals surface area contributed by atoms with Gasteiger partial charge in [-0.3, -0.25) is 0 Å². The second-order valence-corrected chi connectivity index (χ2v) is 6.61. The SMILES string of the molecule is Cc1noc(C)c1-c1c(-c2cc(Cl)c(O)cc2F)csc1/C(N)=N/O. The largest absolute Gasteiger partial charge is 0.506 e. The number of amidine groups is 1. The van der Waals surface area contributed by atoms with Crippen LogP contribution in [0, 0.1) is 19.7 Å². The number of rotatable bonds is 3. The van der Waals surface area contributed by atoms with Crippen molar-refractivity contribution in [2.24, 2.45) is 10.9 Å². The predicted molar refractivity (Wildman–Crippen MR) is 93.9 cm³/mol. The summed E-state index contributed by atoms with van der Waals surface area (Å²) in [5.41, 5.74) is 8.16. The molecule has 3 aromatic rings. The number of halogens is 2. The van der Waals surface area contributed by atoms with Crippen molar-refractivity contribution in [1.29, 1.82) is 0 Å². The third-order valence-electron chi connectivity index (χ3n) is 3.74. The van der Waals surface area contributed by atoms with Gasteiger partial charge in [-0.15, -0.1) is 11.3 Å². The van der Waals surface area contributed by atoms with Crippen molar-refractivity contribution in [3.63, 3.8) is 0 Å². The Bertz CT molecular complexity index is 977. The van der Waals surface area contributed by atoms with Gasteiger partial charge in [0.25, 0.3) is 0 Å². The lowest BCUT2D eigenvalue weighted by Crippen LogP contribution is -2.12. The average molecular weight is 382 g/mol. The van der Waals surface area contributed by atoms with Crippen LogP contribution in [0.3, 0.4) is 0 Å². The molecule has 0 aliphatic rings. The maximum atomic E-state index is 14.5. The molecule has 0 spiro atoms. The summed E-state index contributed by atoms with van der Waals surface area (Å²) in [6, 6.07) is 2.27. The summed E-state index contributed by atoms with van der Waals surface area (Å²) in [5.74, 6) is -0.613. The Morgan fingerprint density at radius 2 is 2.04 bits per heavy atom. The summed E-state index contributed by atoms with van der Waals surface area (Å²) < 4.78 is 19.7. The lowest BCUT2D eigenvalue weighted by atomic mass is 9.95. The number of nitrogens with two attached hydrogens (primary N) is 1. The second-order valence-electron chi connectivity index (χ2n) is 5.32. The zero-order valence-electron chi connectivity index (χ0n) is 13.2. The van der Waals surface area contributed by atoms with Crippen molar-refractivity contribution >= 4 is 28.8 Å². The number of aromatic nitrogens is 1. The predicted octanol–water partition coefficient (Wildman–Crippen LogP) is 4.28. The highest BCUT2D eigenvalue weighted by molar-refractivity contribution is 7.13. The molecule has 4 N–H and O–H groups in total. The van der Waals surface area contributed by atoms with E-state index in [1.807, 2.05) is 0 Å². The number of benzene rings is 1. The van der Waals surface area contributed by atoms with Gasteiger partial charge in [-0.1, -0.05) is 21.9 Å². The van der Waals surface area contributed by atoms with Crippen LogP contribution in [0.1, 0.15) is 16.3 Å². The molecule has 0 aliphatic heterocycles. The van der Waals surface area contributed by atoms with E-state index in [4.69, 9.17) is 27.1 Å². The summed E-state index contributed by atoms with van der Waals surface area (Å²) in [6.07, 6.45) is 0. The monoisotopic (exact) mass is 381 g/mol. The van der Waals surface area contributed by atoms with Crippen LogP contribution in [0.5, 0.6) is 5.75 Å². The highest BCUT2D eigenvalue weighted by atomic mass is 35.5. The molecule has 130 valence electrons. The van der Waals surface area contributed by atoms with Crippen LogP contribution in [-0.4, -0.2) is 21.3 Å². The summed E-state index contributed by atoms with van der Waals surface area (Å²) in [6.45, 7) is 3.45. The van der Waals surface area contributed by atoms with Gasteiger partial charge in [0.1, 0.15) is 17.3 Å². The molecule has 3 rings (SSSR count). The fraction of sp³-hybridized carbons (Fsp3) is 0.125. The number of phenolic OH excluding ortho intramolecular Hbond substituents is 1. The van der Waals surface area contributed by atoms with Crippen LogP contribution >= 0.6 is 22.9 Å². The van der Waals surface area contributed by atoms with Crippen molar-refractivity contribution < 1.29 is 19.2 Å². The van der Waals surface area contributed by atoms with Crippen molar-refractivity contribution in [2.75, 3.05) is 0 Å². The smallest absolute Gasteiger partial charge is 0.180 e. The van der Waals surface area contributed by atoms with Gasteiger partial charge in [-0.05, 0) is 19.9 Å². The van der Waals surface area contributed by atoms with Crippen LogP contribution in [-0.2, 0) is 0 Å². The van der Waals surface area contributed by atoms with Gasteiger partial charge < -0.3 is 20.6 Å². The number of oxime groups is 1. The van der Waals surface area contributed by atoms with Crippen LogP contribution in [0.25, 0.3) is 22.3 Å². The van der Waals surface area contributed by atoms with Gasteiger partial charge in [0.15, 0.2) is 5.84 Å². The van der Waals surface area contributed by atoms with Gasteiger partial charge in [0, 0.05) is 33.7 Å². The van der Waals surface area contributed by atoms with Crippen LogP contribution in [0.15, 0.2) is 27.2 Å². The standard InChI is InChI=1S/C16H13ClFN3O3S/c1-6-13(7(2)24-21-6)14-9(5-25-15(14)16(19)20-23)8-3-10(17)12(22)4-11(8)18/h3-5,22-23H,1-2H3,(H2,19,20). The molecule has 6 nitrogen and oxygen atoms in total. The van der Waals surface area contributed by atoms with E-state index in [1.165, 1.54) is 17.4 Å². The average Bonchev–Trinajstić information content (AvgIpc) is 3.13. The van der Waals surface area contributed by atoms with Crippen LogP contribution in [0.4, 0.5) is 4.39 Å². The molecule has 25 heavy (non-hydrogen) atoms. The number of aromatic hydroxyl groups is 1. The molecular formula is C16H13ClFN3O3S. The minimum Gasteiger partial charge on any atom is -0.506 e. The fourth-order valence-electron chi connectivity index (χ4n) is 2.62. The number of hydrogen-bond acceptors (Lipinski definition) is 6. The Kier molecular flexibility index (Phi) is 4.40. The zero-order valence-corrected chi connectivity index (χ0v) is 14.7. The summed E-state index contributed by atoms with van der Waals surface area (Å²) in [5, 5.41) is 27.3. The third-order valence-corrected chi connectivity index (χ3v) is 5.05. The zero-order chi connectivity index (χ0) is 18.3. The first kappa shape index (κ1) is 17.2. The van der Waals surface area contributed by atoms with E-state index in [0.29, 0.717) is 33.0 Å². The van der Waals surface area contributed by atoms with Gasteiger partial charge >= 0.3 is 0 Å². The van der Waals surface area contributed by atoms with Gasteiger partial charge in [0.05, 0.1) is 15.6 Å². The molecule has 2 aromatic heterocycles. The summed E-state index contributed by atoms with van der Waals surface area (Å²) >= 11 is 7.12. The maximum Gasteiger partial charge on any atom is 0.180 e. The molecule has 0 aliphatic carbocycles. The molecule has 9 heteroatoms. The molecule has 2 heterocycles. The molecule has 0 saturated heterocycles. The van der Waals surface area contributed by atoms with Crippen LogP contribution < -0.4 is 5.73 Å². The molecule has 0 bridgehead atoms. The first-order valence-corrected chi connectivity index (χ1v) is 8.31. The van der Waals surface area contributed by atoms with Crippen molar-refractivity contribution in [1.82, 2.24) is 5.16 Å². The Labute approximate surface area is 150 Å². The molecule has 1 aromatic carbocycles. The highest BCUT2D eigenvalue weighted by Crippen LogP contribution is 2.44. The topological polar surface area (TPSA) is 105 Å². The van der Waals surface area contributed by atoms with E-state index >= 15 is 0 Å². The van der Waals surface area contributed by atoms with E-state index < -0.39 is 5.82 Å². The number of hydrogen-bond donors (Lipinski definition) is 3. The number of aryl methyl sites for hydroxylation is 2. The van der Waals surface area contributed by atoms with Crippen molar-refractivity contribution in [3.05, 3.63) is 44.7 Å². The minimum atomic E-state index is -0.654. The molecule has 0 unspecified atom stereocenters. The Hall–Kier alpha value is -2.58. The Morgan fingerprint density at radius 3 is 2.64 bits per heavy atom. The summed E-state index contributed by atoms with van der Waals surface area (Å²) in [4.78, 5) is 0.440. The van der Waals surface area contributed by atoms with Crippen molar-refractivity contribution in [3.8, 4) is 28.0 Å². The number of thiophene rings is 1. The van der Waals surface area contributed by atoms with E-state index in [9.17, 15) is 9.50 Å². The number of phenols is 1. The second kappa shape index (κ2) is 6.38. The van der Waals surface area contributed by atoms with Crippen molar-refractivity contribution in [2.45, 2.75) is 13.8 Å². The van der Waals surface area contributed by atoms with Crippen LogP contribution in [0.2, 0.25) is 5.02 Å². The molecule has 0 fully saturated rings. The van der Waals surface area contributed by atoms with Gasteiger partial charge in [-0.2, -0.15) is 0 Å². The Morgan fingerprint density at radius 1 is 1.32 bits per heavy atom. The number of nitrogens with zero attached hydrogens (tertiary/aromatic N) is 2. The minimum absolute atomic E-state index is 0.0117. The molecule has 0 radical (unpaired) electrons. The van der Waals surface area contributed by atoms with Gasteiger partial charge in [0.2, 0.25) is 0 Å². The van der Waals surface area contributed by atoms with Gasteiger partial charge in [-0.25, -0.2) is 4.39 Å². The Balaban J connectivity index is 2.37. The summed E-state index contributed by atoms with van der Waals surface area (Å²) in [7, 11) is 0. The molecular weight excluding hydrogens is 369 g/mol. The lowest BCUT2D eigenvalue weighted by molar-refractivity contribution is 0.319. The fourth-order valence-corrected chi connectivity index (χ4v) is 3.76. The van der Waals surface area contributed by atoms with E-state index in [0.717, 1.165) is 6.07 Å². The van der Waals surface area contributed by atoms with E-state index in [2.05, 4.69) is 10.3 Å². The quantitative estimate of drug-likeness (QED) is 0.272. The van der Waals surface area contributed by atoms with E-state index in [-0.39, 0.29) is 22.2 Å².